The maximum absolute atomic E-state index is 12.1. The van der Waals surface area contributed by atoms with Gasteiger partial charge in [-0.1, -0.05) is 13.8 Å². The number of methoxy groups -OCH3 is 1. The average Bonchev–Trinajstić information content (AvgIpc) is 2.49. The third-order valence-electron chi connectivity index (χ3n) is 2.79. The number of nitrogens with one attached hydrogen (secondary N) is 1. The van der Waals surface area contributed by atoms with Crippen molar-refractivity contribution >= 4 is 11.8 Å². The Morgan fingerprint density at radius 1 is 1.36 bits per heavy atom. The number of amides is 2. The van der Waals surface area contributed by atoms with Gasteiger partial charge in [0.1, 0.15) is 17.6 Å². The molecule has 0 aliphatic carbocycles. The van der Waals surface area contributed by atoms with Gasteiger partial charge in [0.25, 0.3) is 5.91 Å². The predicted molar refractivity (Wildman–Crippen MR) is 80.9 cm³/mol. The van der Waals surface area contributed by atoms with E-state index in [1.807, 2.05) is 13.8 Å². The zero-order chi connectivity index (χ0) is 16.7. The number of benzene rings is 1. The standard InChI is InChI=1S/C15H22N2O5/c1-9(2)8-22-13-6-10(21-3)4-5-11(13)15(20)17-7-12(18)14(16)19/h4-6,9,12,18H,7-8H2,1-3H3,(H2,16,19)(H,17,20). The highest BCUT2D eigenvalue weighted by atomic mass is 16.5. The van der Waals surface area contributed by atoms with Crippen LogP contribution in [-0.4, -0.2) is 43.3 Å². The summed E-state index contributed by atoms with van der Waals surface area (Å²) < 4.78 is 10.7. The minimum absolute atomic E-state index is 0.260. The summed E-state index contributed by atoms with van der Waals surface area (Å²) in [5.41, 5.74) is 5.22. The lowest BCUT2D eigenvalue weighted by atomic mass is 10.1. The van der Waals surface area contributed by atoms with E-state index in [4.69, 9.17) is 15.2 Å². The molecule has 0 heterocycles. The maximum Gasteiger partial charge on any atom is 0.255 e. The summed E-state index contributed by atoms with van der Waals surface area (Å²) in [7, 11) is 1.52. The number of ether oxygens (including phenoxy) is 2. The van der Waals surface area contributed by atoms with E-state index in [9.17, 15) is 14.7 Å². The van der Waals surface area contributed by atoms with E-state index < -0.39 is 17.9 Å². The first kappa shape index (κ1) is 17.8. The van der Waals surface area contributed by atoms with Gasteiger partial charge in [-0.2, -0.15) is 0 Å². The molecule has 4 N–H and O–H groups in total. The highest BCUT2D eigenvalue weighted by Gasteiger charge is 2.17. The summed E-state index contributed by atoms with van der Waals surface area (Å²) in [4.78, 5) is 22.9. The van der Waals surface area contributed by atoms with Crippen LogP contribution < -0.4 is 20.5 Å². The molecule has 0 saturated carbocycles. The van der Waals surface area contributed by atoms with Crippen molar-refractivity contribution in [3.05, 3.63) is 23.8 Å². The largest absolute Gasteiger partial charge is 0.497 e. The summed E-state index contributed by atoms with van der Waals surface area (Å²) in [6, 6.07) is 4.80. The SMILES string of the molecule is COc1ccc(C(=O)NCC(O)C(N)=O)c(OCC(C)C)c1. The fraction of sp³-hybridized carbons (Fsp3) is 0.467. The number of carbonyl (C=O) groups excluding carboxylic acids is 2. The van der Waals surface area contributed by atoms with E-state index in [0.717, 1.165) is 0 Å². The number of primary amides is 1. The van der Waals surface area contributed by atoms with Gasteiger partial charge in [-0.15, -0.1) is 0 Å². The van der Waals surface area contributed by atoms with Crippen LogP contribution in [0.4, 0.5) is 0 Å². The van der Waals surface area contributed by atoms with Crippen molar-refractivity contribution in [3.8, 4) is 11.5 Å². The minimum atomic E-state index is -1.43. The third-order valence-corrected chi connectivity index (χ3v) is 2.79. The molecule has 0 bridgehead atoms. The van der Waals surface area contributed by atoms with Crippen molar-refractivity contribution in [1.29, 1.82) is 0 Å². The van der Waals surface area contributed by atoms with E-state index in [1.54, 1.807) is 18.2 Å². The Labute approximate surface area is 129 Å². The van der Waals surface area contributed by atoms with Crippen LogP contribution in [0.2, 0.25) is 0 Å². The summed E-state index contributed by atoms with van der Waals surface area (Å²) in [6.07, 6.45) is -1.43. The van der Waals surface area contributed by atoms with Crippen molar-refractivity contribution in [2.24, 2.45) is 11.7 Å². The van der Waals surface area contributed by atoms with E-state index in [-0.39, 0.29) is 12.1 Å². The Bertz CT molecular complexity index is 531. The molecule has 1 unspecified atom stereocenters. The number of carbonyl (C=O) groups is 2. The lowest BCUT2D eigenvalue weighted by Gasteiger charge is -2.15. The molecule has 0 fully saturated rings. The Kier molecular flexibility index (Phi) is 6.65. The van der Waals surface area contributed by atoms with Crippen LogP contribution in [0.1, 0.15) is 24.2 Å². The molecule has 122 valence electrons. The summed E-state index contributed by atoms with van der Waals surface area (Å²) in [6.45, 7) is 4.16. The Morgan fingerprint density at radius 2 is 2.05 bits per heavy atom. The first-order valence-corrected chi connectivity index (χ1v) is 6.91. The molecular weight excluding hydrogens is 288 g/mol. The summed E-state index contributed by atoms with van der Waals surface area (Å²) >= 11 is 0. The smallest absolute Gasteiger partial charge is 0.255 e. The van der Waals surface area contributed by atoms with Gasteiger partial charge in [0.15, 0.2) is 0 Å². The average molecular weight is 310 g/mol. The third kappa shape index (κ3) is 5.25. The first-order chi connectivity index (χ1) is 10.3. The molecule has 1 rings (SSSR count). The van der Waals surface area contributed by atoms with Gasteiger partial charge >= 0.3 is 0 Å². The van der Waals surface area contributed by atoms with E-state index >= 15 is 0 Å². The second kappa shape index (κ2) is 8.23. The lowest BCUT2D eigenvalue weighted by Crippen LogP contribution is -2.40. The second-order valence-corrected chi connectivity index (χ2v) is 5.20. The fourth-order valence-electron chi connectivity index (χ4n) is 1.58. The van der Waals surface area contributed by atoms with E-state index in [2.05, 4.69) is 5.32 Å². The molecule has 0 spiro atoms. The molecule has 1 atom stereocenters. The van der Waals surface area contributed by atoms with Crippen LogP contribution in [0.15, 0.2) is 18.2 Å². The Hall–Kier alpha value is -2.28. The number of aliphatic hydroxyl groups excluding tert-OH is 1. The summed E-state index contributed by atoms with van der Waals surface area (Å²) in [5.74, 6) is -0.140. The van der Waals surface area contributed by atoms with E-state index in [1.165, 1.54) is 7.11 Å². The number of hydrogen-bond acceptors (Lipinski definition) is 5. The van der Waals surface area contributed by atoms with Crippen molar-refractivity contribution in [2.75, 3.05) is 20.3 Å². The monoisotopic (exact) mass is 310 g/mol. The lowest BCUT2D eigenvalue weighted by molar-refractivity contribution is -0.125. The topological polar surface area (TPSA) is 111 Å². The van der Waals surface area contributed by atoms with Gasteiger partial charge < -0.3 is 25.6 Å². The zero-order valence-corrected chi connectivity index (χ0v) is 13.0. The Morgan fingerprint density at radius 3 is 2.59 bits per heavy atom. The molecule has 2 amide bonds. The normalized spacial score (nSPS) is 11.9. The number of aliphatic hydroxyl groups is 1. The molecule has 7 nitrogen and oxygen atoms in total. The molecule has 0 saturated heterocycles. The maximum atomic E-state index is 12.1. The van der Waals surface area contributed by atoms with Gasteiger partial charge in [-0.05, 0) is 18.1 Å². The van der Waals surface area contributed by atoms with E-state index in [0.29, 0.717) is 24.0 Å². The summed E-state index contributed by atoms with van der Waals surface area (Å²) in [5, 5.41) is 11.7. The molecule has 7 heteroatoms. The molecule has 1 aromatic carbocycles. The first-order valence-electron chi connectivity index (χ1n) is 6.91. The van der Waals surface area contributed by atoms with Crippen LogP contribution in [0.3, 0.4) is 0 Å². The molecule has 1 aromatic rings. The zero-order valence-electron chi connectivity index (χ0n) is 13.0. The highest BCUT2D eigenvalue weighted by molar-refractivity contribution is 5.97. The van der Waals surface area contributed by atoms with Gasteiger partial charge in [0, 0.05) is 6.07 Å². The molecule has 0 aliphatic rings. The molecule has 22 heavy (non-hydrogen) atoms. The van der Waals surface area contributed by atoms with Crippen LogP contribution in [0, 0.1) is 5.92 Å². The molecule has 0 aromatic heterocycles. The van der Waals surface area contributed by atoms with Gasteiger partial charge in [0.2, 0.25) is 5.91 Å². The van der Waals surface area contributed by atoms with Gasteiger partial charge in [0.05, 0.1) is 25.8 Å². The number of rotatable bonds is 8. The van der Waals surface area contributed by atoms with Crippen LogP contribution in [-0.2, 0) is 4.79 Å². The van der Waals surface area contributed by atoms with Gasteiger partial charge in [-0.3, -0.25) is 9.59 Å². The molecule has 0 aliphatic heterocycles. The van der Waals surface area contributed by atoms with Crippen molar-refractivity contribution < 1.29 is 24.2 Å². The minimum Gasteiger partial charge on any atom is -0.497 e. The van der Waals surface area contributed by atoms with Crippen LogP contribution in [0.25, 0.3) is 0 Å². The highest BCUT2D eigenvalue weighted by Crippen LogP contribution is 2.25. The van der Waals surface area contributed by atoms with Crippen molar-refractivity contribution in [3.63, 3.8) is 0 Å². The van der Waals surface area contributed by atoms with Crippen LogP contribution in [0.5, 0.6) is 11.5 Å². The molecular formula is C15H22N2O5. The quantitative estimate of drug-likeness (QED) is 0.640. The van der Waals surface area contributed by atoms with Crippen LogP contribution >= 0.6 is 0 Å². The van der Waals surface area contributed by atoms with Crippen molar-refractivity contribution in [1.82, 2.24) is 5.32 Å². The van der Waals surface area contributed by atoms with Crippen molar-refractivity contribution in [2.45, 2.75) is 20.0 Å². The number of hydrogen-bond donors (Lipinski definition) is 3. The predicted octanol–water partition coefficient (Wildman–Crippen LogP) is 0.306. The Balaban J connectivity index is 2.86. The molecule has 0 radical (unpaired) electrons. The van der Waals surface area contributed by atoms with Gasteiger partial charge in [-0.25, -0.2) is 0 Å². The second-order valence-electron chi connectivity index (χ2n) is 5.20. The fourth-order valence-corrected chi connectivity index (χ4v) is 1.58. The number of nitrogens with two attached hydrogens (primary N) is 1.